The molecule has 1 fully saturated rings. The number of anilines is 1. The molecule has 1 aliphatic heterocycles. The quantitative estimate of drug-likeness (QED) is 0.570. The van der Waals surface area contributed by atoms with Gasteiger partial charge in [0, 0.05) is 49.7 Å². The number of halogens is 1. The van der Waals surface area contributed by atoms with Crippen molar-refractivity contribution in [3.8, 4) is 23.0 Å². The van der Waals surface area contributed by atoms with Crippen molar-refractivity contribution in [1.82, 2.24) is 24.8 Å². The summed E-state index contributed by atoms with van der Waals surface area (Å²) >= 11 is 0. The lowest BCUT2D eigenvalue weighted by Gasteiger charge is -2.29. The number of nitrogens with one attached hydrogen (secondary N) is 1. The van der Waals surface area contributed by atoms with Crippen LogP contribution in [-0.2, 0) is 0 Å². The molecule has 0 unspecified atom stereocenters. The van der Waals surface area contributed by atoms with E-state index in [9.17, 15) is 9.65 Å². The van der Waals surface area contributed by atoms with Crippen LogP contribution in [0.3, 0.4) is 0 Å². The molecule has 7 nitrogen and oxygen atoms in total. The van der Waals surface area contributed by atoms with E-state index in [-0.39, 0.29) is 5.82 Å². The highest BCUT2D eigenvalue weighted by Crippen LogP contribution is 2.37. The first kappa shape index (κ1) is 18.2. The van der Waals surface area contributed by atoms with E-state index in [1.165, 1.54) is 12.4 Å². The predicted octanol–water partition coefficient (Wildman–Crippen LogP) is 2.90. The zero-order valence-corrected chi connectivity index (χ0v) is 16.1. The molecule has 0 radical (unpaired) electrons. The van der Waals surface area contributed by atoms with Gasteiger partial charge in [0.15, 0.2) is 5.65 Å². The van der Waals surface area contributed by atoms with Gasteiger partial charge in [-0.05, 0) is 18.2 Å². The molecule has 1 N–H and O–H groups in total. The number of hydrogen-bond acceptors (Lipinski definition) is 6. The highest BCUT2D eigenvalue weighted by Gasteiger charge is 2.23. The third-order valence-corrected chi connectivity index (χ3v) is 5.26. The zero-order chi connectivity index (χ0) is 20.5. The minimum absolute atomic E-state index is 0.314. The van der Waals surface area contributed by atoms with Crippen molar-refractivity contribution in [3.63, 3.8) is 0 Å². The first-order valence-electron chi connectivity index (χ1n) is 9.69. The molecular weight excluding hydrogens is 381 g/mol. The Kier molecular flexibility index (Phi) is 4.58. The highest BCUT2D eigenvalue weighted by molar-refractivity contribution is 6.02. The van der Waals surface area contributed by atoms with E-state index in [0.29, 0.717) is 28.2 Å². The number of nitrogens with zero attached hydrogens (tertiary/aromatic N) is 6. The standard InChI is InChI=1S/C22H18FN7/c23-18-4-2-1-3-16(18)17-13-30(19-11-15(12-24)5-6-26-19)22-20(17)21(27-14-28-22)29-9-7-25-8-10-29/h1-6,11,13-14,25H,7-10H2. The van der Waals surface area contributed by atoms with Crippen molar-refractivity contribution in [1.29, 1.82) is 5.26 Å². The molecule has 8 heteroatoms. The van der Waals surface area contributed by atoms with Crippen molar-refractivity contribution in [2.24, 2.45) is 0 Å². The van der Waals surface area contributed by atoms with Crippen LogP contribution in [0, 0.1) is 17.1 Å². The molecule has 1 aliphatic rings. The van der Waals surface area contributed by atoms with Gasteiger partial charge < -0.3 is 10.2 Å². The van der Waals surface area contributed by atoms with Gasteiger partial charge in [0.05, 0.1) is 17.0 Å². The van der Waals surface area contributed by atoms with Crippen LogP contribution in [0.4, 0.5) is 10.2 Å². The fourth-order valence-electron chi connectivity index (χ4n) is 3.84. The second-order valence-corrected chi connectivity index (χ2v) is 7.04. The first-order valence-corrected chi connectivity index (χ1v) is 9.69. The number of hydrogen-bond donors (Lipinski definition) is 1. The molecule has 0 bridgehead atoms. The fourth-order valence-corrected chi connectivity index (χ4v) is 3.84. The first-order chi connectivity index (χ1) is 14.8. The molecule has 1 aromatic carbocycles. The Morgan fingerprint density at radius 3 is 2.67 bits per heavy atom. The van der Waals surface area contributed by atoms with E-state index >= 15 is 0 Å². The molecule has 4 aromatic rings. The molecule has 5 rings (SSSR count). The molecule has 1 saturated heterocycles. The lowest BCUT2D eigenvalue weighted by atomic mass is 10.1. The van der Waals surface area contributed by atoms with Crippen molar-refractivity contribution >= 4 is 16.9 Å². The highest BCUT2D eigenvalue weighted by atomic mass is 19.1. The Bertz CT molecular complexity index is 1270. The van der Waals surface area contributed by atoms with Crippen LogP contribution in [0.15, 0.2) is 55.1 Å². The summed E-state index contributed by atoms with van der Waals surface area (Å²) in [5.74, 6) is 1.01. The predicted molar refractivity (Wildman–Crippen MR) is 112 cm³/mol. The lowest BCUT2D eigenvalue weighted by molar-refractivity contribution is 0.586. The number of pyridine rings is 1. The Labute approximate surface area is 172 Å². The van der Waals surface area contributed by atoms with E-state index in [4.69, 9.17) is 0 Å². The third-order valence-electron chi connectivity index (χ3n) is 5.26. The van der Waals surface area contributed by atoms with E-state index in [0.717, 1.165) is 37.4 Å². The van der Waals surface area contributed by atoms with Crippen molar-refractivity contribution in [3.05, 3.63) is 66.5 Å². The van der Waals surface area contributed by atoms with Gasteiger partial charge in [0.2, 0.25) is 0 Å². The second-order valence-electron chi connectivity index (χ2n) is 7.04. The minimum atomic E-state index is -0.314. The molecule has 148 valence electrons. The Hall–Kier alpha value is -3.83. The molecule has 4 heterocycles. The van der Waals surface area contributed by atoms with Crippen molar-refractivity contribution in [2.75, 3.05) is 31.1 Å². The normalized spacial score (nSPS) is 14.1. The van der Waals surface area contributed by atoms with Gasteiger partial charge in [-0.25, -0.2) is 19.3 Å². The van der Waals surface area contributed by atoms with Crippen LogP contribution in [-0.4, -0.2) is 45.7 Å². The number of piperazine rings is 1. The van der Waals surface area contributed by atoms with Crippen molar-refractivity contribution in [2.45, 2.75) is 0 Å². The second kappa shape index (κ2) is 7.54. The summed E-state index contributed by atoms with van der Waals surface area (Å²) in [6, 6.07) is 12.2. The topological polar surface area (TPSA) is 82.7 Å². The van der Waals surface area contributed by atoms with E-state index in [1.54, 1.807) is 35.0 Å². The van der Waals surface area contributed by atoms with E-state index < -0.39 is 0 Å². The third kappa shape index (κ3) is 3.06. The summed E-state index contributed by atoms with van der Waals surface area (Å²) in [5, 5.41) is 13.4. The molecule has 0 aliphatic carbocycles. The molecule has 0 saturated carbocycles. The number of benzene rings is 1. The summed E-state index contributed by atoms with van der Waals surface area (Å²) in [7, 11) is 0. The van der Waals surface area contributed by atoms with Crippen molar-refractivity contribution < 1.29 is 4.39 Å². The van der Waals surface area contributed by atoms with E-state index in [1.807, 2.05) is 12.3 Å². The van der Waals surface area contributed by atoms with Crippen LogP contribution in [0.5, 0.6) is 0 Å². The van der Waals surface area contributed by atoms with Gasteiger partial charge in [-0.3, -0.25) is 4.57 Å². The van der Waals surface area contributed by atoms with Gasteiger partial charge in [0.1, 0.15) is 23.8 Å². The Balaban J connectivity index is 1.81. The molecule has 30 heavy (non-hydrogen) atoms. The lowest BCUT2D eigenvalue weighted by Crippen LogP contribution is -2.44. The summed E-state index contributed by atoms with van der Waals surface area (Å²) in [5.41, 5.74) is 2.29. The number of fused-ring (bicyclic) bond motifs is 1. The van der Waals surface area contributed by atoms with Gasteiger partial charge in [-0.2, -0.15) is 5.26 Å². The Morgan fingerprint density at radius 1 is 1.03 bits per heavy atom. The summed E-state index contributed by atoms with van der Waals surface area (Å²) < 4.78 is 16.6. The van der Waals surface area contributed by atoms with Gasteiger partial charge >= 0.3 is 0 Å². The summed E-state index contributed by atoms with van der Waals surface area (Å²) in [6.07, 6.45) is 4.93. The van der Waals surface area contributed by atoms with Gasteiger partial charge in [-0.1, -0.05) is 18.2 Å². The van der Waals surface area contributed by atoms with Crippen LogP contribution in [0.2, 0.25) is 0 Å². The number of aromatic nitrogens is 4. The summed E-state index contributed by atoms with van der Waals surface area (Å²) in [6.45, 7) is 3.31. The van der Waals surface area contributed by atoms with Crippen LogP contribution < -0.4 is 10.2 Å². The number of nitriles is 1. The average molecular weight is 399 g/mol. The number of rotatable bonds is 3. The maximum absolute atomic E-state index is 14.8. The van der Waals surface area contributed by atoms with E-state index in [2.05, 4.69) is 31.2 Å². The summed E-state index contributed by atoms with van der Waals surface area (Å²) in [4.78, 5) is 15.7. The molecule has 0 atom stereocenters. The van der Waals surface area contributed by atoms with Gasteiger partial charge in [0.25, 0.3) is 0 Å². The molecule has 3 aromatic heterocycles. The molecular formula is C22H18FN7. The average Bonchev–Trinajstić information content (AvgIpc) is 3.20. The van der Waals surface area contributed by atoms with Crippen LogP contribution in [0.25, 0.3) is 28.0 Å². The smallest absolute Gasteiger partial charge is 0.151 e. The van der Waals surface area contributed by atoms with Gasteiger partial charge in [-0.15, -0.1) is 0 Å². The van der Waals surface area contributed by atoms with Crippen LogP contribution in [0.1, 0.15) is 5.56 Å². The SMILES string of the molecule is N#Cc1ccnc(-n2cc(-c3ccccc3F)c3c(N4CCNCC4)ncnc32)c1. The maximum atomic E-state index is 14.8. The minimum Gasteiger partial charge on any atom is -0.353 e. The zero-order valence-electron chi connectivity index (χ0n) is 16.1. The fraction of sp³-hybridized carbons (Fsp3) is 0.182. The largest absolute Gasteiger partial charge is 0.353 e. The van der Waals surface area contributed by atoms with Crippen LogP contribution >= 0.6 is 0 Å². The Morgan fingerprint density at radius 2 is 1.87 bits per heavy atom. The molecule has 0 amide bonds. The monoisotopic (exact) mass is 399 g/mol. The maximum Gasteiger partial charge on any atom is 0.151 e. The molecule has 0 spiro atoms.